The van der Waals surface area contributed by atoms with Gasteiger partial charge in [0.05, 0.1) is 0 Å². The van der Waals surface area contributed by atoms with Crippen molar-refractivity contribution < 1.29 is 9.47 Å². The summed E-state index contributed by atoms with van der Waals surface area (Å²) >= 11 is 1.81. The average molecular weight is 425 g/mol. The highest BCUT2D eigenvalue weighted by atomic mass is 32.1. The maximum absolute atomic E-state index is 6.27. The van der Waals surface area contributed by atoms with Crippen LogP contribution in [0.5, 0.6) is 11.5 Å². The van der Waals surface area contributed by atoms with Gasteiger partial charge in [-0.15, -0.1) is 11.3 Å². The van der Waals surface area contributed by atoms with Gasteiger partial charge in [0, 0.05) is 26.2 Å². The first-order chi connectivity index (χ1) is 15.2. The van der Waals surface area contributed by atoms with E-state index >= 15 is 0 Å². The highest BCUT2D eigenvalue weighted by Crippen LogP contribution is 2.42. The first-order valence-corrected chi connectivity index (χ1v) is 11.3. The Morgan fingerprint density at radius 1 is 0.581 bits per heavy atom. The van der Waals surface area contributed by atoms with E-state index in [9.17, 15) is 0 Å². The van der Waals surface area contributed by atoms with E-state index in [2.05, 4.69) is 62.4 Å². The Kier molecular flexibility index (Phi) is 5.35. The molecule has 3 heteroatoms. The van der Waals surface area contributed by atoms with E-state index in [-0.39, 0.29) is 0 Å². The molecule has 2 nitrogen and oxygen atoms in total. The van der Waals surface area contributed by atoms with E-state index in [0.717, 1.165) is 22.6 Å². The molecule has 0 amide bonds. The van der Waals surface area contributed by atoms with Gasteiger partial charge in [0.1, 0.15) is 13.2 Å². The summed E-state index contributed by atoms with van der Waals surface area (Å²) in [6.07, 6.45) is 0. The minimum absolute atomic E-state index is 0.508. The molecule has 0 saturated carbocycles. The molecule has 5 rings (SSSR count). The lowest BCUT2D eigenvalue weighted by Crippen LogP contribution is -2.00. The van der Waals surface area contributed by atoms with Crippen LogP contribution >= 0.6 is 11.3 Å². The van der Waals surface area contributed by atoms with E-state index in [4.69, 9.17) is 9.47 Å². The zero-order valence-corrected chi connectivity index (χ0v) is 18.5. The number of thiophene rings is 1. The summed E-state index contributed by atoms with van der Waals surface area (Å²) in [4.78, 5) is 0. The van der Waals surface area contributed by atoms with Crippen LogP contribution in [0.15, 0.2) is 84.9 Å². The molecule has 0 N–H and O–H groups in total. The van der Waals surface area contributed by atoms with Gasteiger partial charge in [0.25, 0.3) is 0 Å². The molecule has 0 bridgehead atoms. The van der Waals surface area contributed by atoms with Crippen molar-refractivity contribution in [2.45, 2.75) is 27.1 Å². The standard InChI is InChI=1S/C28H24O2S/c1-19-13-23-24-15-25(29-17-21-9-5-3-6-10-21)26(30-18-22-11-7-4-8-12-22)16-28(24)31-27(23)14-20(19)2/h3-16H,17-18H2,1-2H3. The molecule has 0 atom stereocenters. The second-order valence-electron chi connectivity index (χ2n) is 7.88. The van der Waals surface area contributed by atoms with Crippen LogP contribution in [0.4, 0.5) is 0 Å². The van der Waals surface area contributed by atoms with Crippen molar-refractivity contribution >= 4 is 31.5 Å². The highest BCUT2D eigenvalue weighted by molar-refractivity contribution is 7.25. The van der Waals surface area contributed by atoms with Crippen LogP contribution in [0.1, 0.15) is 22.3 Å². The molecule has 1 aromatic heterocycles. The van der Waals surface area contributed by atoms with Crippen molar-refractivity contribution in [3.63, 3.8) is 0 Å². The molecule has 0 unspecified atom stereocenters. The number of hydrogen-bond donors (Lipinski definition) is 0. The molecular weight excluding hydrogens is 400 g/mol. The SMILES string of the molecule is Cc1cc2sc3cc(OCc4ccccc4)c(OCc4ccccc4)cc3c2cc1C. The topological polar surface area (TPSA) is 18.5 Å². The Hall–Kier alpha value is -3.30. The Morgan fingerprint density at radius 3 is 1.68 bits per heavy atom. The van der Waals surface area contributed by atoms with E-state index in [0.29, 0.717) is 13.2 Å². The molecule has 0 radical (unpaired) electrons. The first-order valence-electron chi connectivity index (χ1n) is 10.5. The van der Waals surface area contributed by atoms with Crippen molar-refractivity contribution in [1.82, 2.24) is 0 Å². The lowest BCUT2D eigenvalue weighted by Gasteiger charge is -2.14. The summed E-state index contributed by atoms with van der Waals surface area (Å²) in [6.45, 7) is 5.36. The number of rotatable bonds is 6. The van der Waals surface area contributed by atoms with Crippen LogP contribution in [0.2, 0.25) is 0 Å². The molecule has 0 spiro atoms. The number of aryl methyl sites for hydroxylation is 2. The van der Waals surface area contributed by atoms with Crippen LogP contribution in [0.25, 0.3) is 20.2 Å². The maximum atomic E-state index is 6.27. The second-order valence-corrected chi connectivity index (χ2v) is 8.96. The van der Waals surface area contributed by atoms with Gasteiger partial charge in [-0.25, -0.2) is 0 Å². The number of benzene rings is 4. The van der Waals surface area contributed by atoms with Crippen molar-refractivity contribution in [2.24, 2.45) is 0 Å². The lowest BCUT2D eigenvalue weighted by atomic mass is 10.1. The van der Waals surface area contributed by atoms with Crippen molar-refractivity contribution in [1.29, 1.82) is 0 Å². The minimum atomic E-state index is 0.508. The molecule has 31 heavy (non-hydrogen) atoms. The Morgan fingerprint density at radius 2 is 1.06 bits per heavy atom. The predicted molar refractivity (Wildman–Crippen MR) is 130 cm³/mol. The van der Waals surface area contributed by atoms with Crippen LogP contribution in [0, 0.1) is 13.8 Å². The van der Waals surface area contributed by atoms with E-state index in [1.165, 1.54) is 31.3 Å². The maximum Gasteiger partial charge on any atom is 0.163 e. The van der Waals surface area contributed by atoms with Gasteiger partial charge in [0.2, 0.25) is 0 Å². The molecule has 1 heterocycles. The molecule has 0 aliphatic heterocycles. The molecule has 5 aromatic rings. The van der Waals surface area contributed by atoms with Crippen LogP contribution < -0.4 is 9.47 Å². The third kappa shape index (κ3) is 4.14. The number of fused-ring (bicyclic) bond motifs is 3. The zero-order chi connectivity index (χ0) is 21.2. The monoisotopic (exact) mass is 424 g/mol. The van der Waals surface area contributed by atoms with E-state index in [1.54, 1.807) is 0 Å². The predicted octanol–water partition coefficient (Wildman–Crippen LogP) is 7.83. The quantitative estimate of drug-likeness (QED) is 0.276. The molecule has 154 valence electrons. The summed E-state index contributed by atoms with van der Waals surface area (Å²) in [7, 11) is 0. The Bertz CT molecular complexity index is 1340. The third-order valence-corrected chi connectivity index (χ3v) is 6.74. The minimum Gasteiger partial charge on any atom is -0.485 e. The highest BCUT2D eigenvalue weighted by Gasteiger charge is 2.14. The molecule has 0 saturated heterocycles. The van der Waals surface area contributed by atoms with Crippen LogP contribution in [-0.2, 0) is 13.2 Å². The number of ether oxygens (including phenoxy) is 2. The second kappa shape index (κ2) is 8.44. The van der Waals surface area contributed by atoms with Crippen molar-refractivity contribution in [3.8, 4) is 11.5 Å². The number of hydrogen-bond acceptors (Lipinski definition) is 3. The van der Waals surface area contributed by atoms with Crippen molar-refractivity contribution in [2.75, 3.05) is 0 Å². The molecule has 0 fully saturated rings. The normalized spacial score (nSPS) is 11.2. The summed E-state index contributed by atoms with van der Waals surface area (Å²) < 4.78 is 15.0. The van der Waals surface area contributed by atoms with Crippen LogP contribution in [0.3, 0.4) is 0 Å². The largest absolute Gasteiger partial charge is 0.485 e. The van der Waals surface area contributed by atoms with Gasteiger partial charge in [-0.05, 0) is 54.3 Å². The Balaban J connectivity index is 1.55. The van der Waals surface area contributed by atoms with E-state index in [1.807, 2.05) is 47.7 Å². The smallest absolute Gasteiger partial charge is 0.163 e. The van der Waals surface area contributed by atoms with Crippen LogP contribution in [-0.4, -0.2) is 0 Å². The molecule has 0 aliphatic rings. The fourth-order valence-electron chi connectivity index (χ4n) is 3.74. The lowest BCUT2D eigenvalue weighted by molar-refractivity contribution is 0.256. The summed E-state index contributed by atoms with van der Waals surface area (Å²) in [5.74, 6) is 1.57. The van der Waals surface area contributed by atoms with Gasteiger partial charge in [-0.1, -0.05) is 60.7 Å². The summed E-state index contributed by atoms with van der Waals surface area (Å²) in [6, 6.07) is 29.3. The Labute approximate surface area is 186 Å². The molecular formula is C28H24O2S. The van der Waals surface area contributed by atoms with Gasteiger partial charge >= 0.3 is 0 Å². The fraction of sp³-hybridized carbons (Fsp3) is 0.143. The van der Waals surface area contributed by atoms with Gasteiger partial charge < -0.3 is 9.47 Å². The summed E-state index contributed by atoms with van der Waals surface area (Å²) in [5, 5.41) is 2.50. The van der Waals surface area contributed by atoms with Gasteiger partial charge in [-0.2, -0.15) is 0 Å². The first kappa shape index (κ1) is 19.7. The third-order valence-electron chi connectivity index (χ3n) is 5.63. The fourth-order valence-corrected chi connectivity index (χ4v) is 4.93. The molecule has 4 aromatic carbocycles. The van der Waals surface area contributed by atoms with Gasteiger partial charge in [-0.3, -0.25) is 0 Å². The average Bonchev–Trinajstić information content (AvgIpc) is 3.13. The van der Waals surface area contributed by atoms with Gasteiger partial charge in [0.15, 0.2) is 11.5 Å². The van der Waals surface area contributed by atoms with Crippen molar-refractivity contribution in [3.05, 3.63) is 107 Å². The molecule has 0 aliphatic carbocycles. The summed E-state index contributed by atoms with van der Waals surface area (Å²) in [5.41, 5.74) is 4.90. The van der Waals surface area contributed by atoms with E-state index < -0.39 is 0 Å². The zero-order valence-electron chi connectivity index (χ0n) is 17.7.